The van der Waals surface area contributed by atoms with E-state index in [1.165, 1.54) is 18.9 Å². The summed E-state index contributed by atoms with van der Waals surface area (Å²) in [4.78, 5) is 23.6. The zero-order valence-corrected chi connectivity index (χ0v) is 17.5. The zero-order chi connectivity index (χ0) is 20.9. The van der Waals surface area contributed by atoms with Gasteiger partial charge in [0.25, 0.3) is 5.56 Å². The smallest absolute Gasteiger partial charge is 0.335 e. The highest BCUT2D eigenvalue weighted by atomic mass is 32.1. The molecule has 1 heterocycles. The fourth-order valence-electron chi connectivity index (χ4n) is 3.79. The highest BCUT2D eigenvalue weighted by Gasteiger charge is 2.21. The second-order valence-corrected chi connectivity index (χ2v) is 8.57. The van der Waals surface area contributed by atoms with Gasteiger partial charge in [-0.2, -0.15) is 0 Å². The Balaban J connectivity index is 1.25. The van der Waals surface area contributed by atoms with Gasteiger partial charge in [-0.25, -0.2) is 4.79 Å². The molecule has 0 aliphatic heterocycles. The molecule has 3 aromatic rings. The minimum absolute atomic E-state index is 0.123. The van der Waals surface area contributed by atoms with E-state index >= 15 is 0 Å². The van der Waals surface area contributed by atoms with Crippen molar-refractivity contribution in [1.82, 2.24) is 3.96 Å². The van der Waals surface area contributed by atoms with E-state index in [-0.39, 0.29) is 11.1 Å². The Labute approximate surface area is 178 Å². The van der Waals surface area contributed by atoms with Gasteiger partial charge in [0, 0.05) is 6.04 Å². The molecule has 1 aliphatic rings. The Bertz CT molecular complexity index is 1080. The van der Waals surface area contributed by atoms with Crippen LogP contribution >= 0.6 is 11.5 Å². The molecule has 0 atom stereocenters. The summed E-state index contributed by atoms with van der Waals surface area (Å²) in [7, 11) is 0. The van der Waals surface area contributed by atoms with Crippen molar-refractivity contribution in [3.63, 3.8) is 0 Å². The molecule has 1 saturated carbocycles. The number of rotatable bonds is 9. The quantitative estimate of drug-likeness (QED) is 0.480. The predicted molar refractivity (Wildman–Crippen MR) is 117 cm³/mol. The van der Waals surface area contributed by atoms with Crippen LogP contribution in [0.4, 0.5) is 0 Å². The fourth-order valence-corrected chi connectivity index (χ4v) is 4.97. The van der Waals surface area contributed by atoms with Crippen molar-refractivity contribution in [3.8, 4) is 11.5 Å². The largest absolute Gasteiger partial charge is 0.494 e. The third-order valence-corrected chi connectivity index (χ3v) is 6.59. The average molecular weight is 428 g/mol. The van der Waals surface area contributed by atoms with Crippen LogP contribution in [0.3, 0.4) is 0 Å². The van der Waals surface area contributed by atoms with Crippen LogP contribution in [-0.2, 0) is 0 Å². The minimum Gasteiger partial charge on any atom is -0.494 e. The maximum absolute atomic E-state index is 12.6. The van der Waals surface area contributed by atoms with Crippen molar-refractivity contribution < 1.29 is 19.4 Å². The van der Waals surface area contributed by atoms with Gasteiger partial charge >= 0.3 is 5.97 Å². The number of hydrogen-bond donors (Lipinski definition) is 1. The first-order valence-corrected chi connectivity index (χ1v) is 11.1. The summed E-state index contributed by atoms with van der Waals surface area (Å²) in [6.45, 7) is 1.06. The van der Waals surface area contributed by atoms with Crippen molar-refractivity contribution in [2.45, 2.75) is 44.6 Å². The van der Waals surface area contributed by atoms with Gasteiger partial charge in [0.15, 0.2) is 0 Å². The molecule has 4 rings (SSSR count). The molecule has 2 aromatic carbocycles. The number of benzene rings is 2. The molecule has 0 radical (unpaired) electrons. The molecular formula is C23H25NO5S. The number of carbonyl (C=O) groups is 1. The van der Waals surface area contributed by atoms with Crippen LogP contribution in [-0.4, -0.2) is 28.2 Å². The number of ether oxygens (including phenoxy) is 2. The highest BCUT2D eigenvalue weighted by Crippen LogP contribution is 2.32. The summed E-state index contributed by atoms with van der Waals surface area (Å²) in [5.41, 5.74) is 0.341. The lowest BCUT2D eigenvalue weighted by molar-refractivity contribution is 0.0696. The third-order valence-electron chi connectivity index (χ3n) is 5.39. The van der Waals surface area contributed by atoms with E-state index in [1.807, 2.05) is 22.2 Å². The van der Waals surface area contributed by atoms with Crippen LogP contribution in [0.1, 0.15) is 54.9 Å². The van der Waals surface area contributed by atoms with Gasteiger partial charge in [0.2, 0.25) is 0 Å². The van der Waals surface area contributed by atoms with Crippen LogP contribution in [0.5, 0.6) is 11.5 Å². The number of nitrogens with zero attached hydrogens (tertiary/aromatic N) is 1. The first-order chi connectivity index (χ1) is 14.6. The van der Waals surface area contributed by atoms with Crippen LogP contribution in [0.2, 0.25) is 0 Å². The molecule has 30 heavy (non-hydrogen) atoms. The molecule has 1 aromatic heterocycles. The molecule has 0 bridgehead atoms. The van der Waals surface area contributed by atoms with E-state index in [0.717, 1.165) is 41.5 Å². The maximum Gasteiger partial charge on any atom is 0.335 e. The summed E-state index contributed by atoms with van der Waals surface area (Å²) >= 11 is 1.55. The summed E-state index contributed by atoms with van der Waals surface area (Å²) < 4.78 is 14.4. The van der Waals surface area contributed by atoms with Gasteiger partial charge in [0.1, 0.15) is 11.5 Å². The van der Waals surface area contributed by atoms with Gasteiger partial charge in [-0.3, -0.25) is 8.75 Å². The van der Waals surface area contributed by atoms with Crippen molar-refractivity contribution >= 4 is 27.6 Å². The standard InChI is InChI=1S/C23H25NO5S/c25-22-20-11-10-19(15-21(20)30-24(22)17-7-1-2-8-17)29-13-4-3-12-28-18-9-5-6-16(14-18)23(26)27/h5-6,9-11,14-15,17H,1-4,7-8,12-13H2,(H,26,27). The molecule has 0 amide bonds. The van der Waals surface area contributed by atoms with Crippen molar-refractivity contribution in [3.05, 3.63) is 58.4 Å². The van der Waals surface area contributed by atoms with Crippen LogP contribution < -0.4 is 15.0 Å². The Kier molecular flexibility index (Phi) is 6.38. The normalized spacial score (nSPS) is 14.3. The topological polar surface area (TPSA) is 77.8 Å². The second kappa shape index (κ2) is 9.34. The van der Waals surface area contributed by atoms with Crippen molar-refractivity contribution in [2.24, 2.45) is 0 Å². The van der Waals surface area contributed by atoms with Gasteiger partial charge in [-0.05, 0) is 62.1 Å². The number of aromatic carboxylic acids is 1. The lowest BCUT2D eigenvalue weighted by atomic mass is 10.2. The minimum atomic E-state index is -0.963. The lowest BCUT2D eigenvalue weighted by Crippen LogP contribution is -2.16. The molecule has 1 fully saturated rings. The Morgan fingerprint density at radius 2 is 1.73 bits per heavy atom. The van der Waals surface area contributed by atoms with E-state index in [4.69, 9.17) is 14.6 Å². The molecule has 158 valence electrons. The fraction of sp³-hybridized carbons (Fsp3) is 0.391. The Morgan fingerprint density at radius 1 is 1.03 bits per heavy atom. The number of hydrogen-bond acceptors (Lipinski definition) is 5. The molecule has 0 saturated heterocycles. The van der Waals surface area contributed by atoms with Crippen molar-refractivity contribution in [2.75, 3.05) is 13.2 Å². The van der Waals surface area contributed by atoms with Gasteiger partial charge in [-0.15, -0.1) is 0 Å². The van der Waals surface area contributed by atoms with Gasteiger partial charge < -0.3 is 14.6 Å². The number of aromatic nitrogens is 1. The molecular weight excluding hydrogens is 402 g/mol. The van der Waals surface area contributed by atoms with Crippen LogP contribution in [0.15, 0.2) is 47.3 Å². The SMILES string of the molecule is O=C(O)c1cccc(OCCCCOc2ccc3c(=O)n(C4CCCC4)sc3c2)c1. The Hall–Kier alpha value is -2.80. The van der Waals surface area contributed by atoms with Gasteiger partial charge in [-0.1, -0.05) is 30.4 Å². The third kappa shape index (κ3) is 4.67. The summed E-state index contributed by atoms with van der Waals surface area (Å²) in [5, 5.41) is 9.78. The van der Waals surface area contributed by atoms with E-state index in [0.29, 0.717) is 25.0 Å². The average Bonchev–Trinajstić information content (AvgIpc) is 3.39. The summed E-state index contributed by atoms with van der Waals surface area (Å²) in [6.07, 6.45) is 6.21. The highest BCUT2D eigenvalue weighted by molar-refractivity contribution is 7.13. The molecule has 6 nitrogen and oxygen atoms in total. The Morgan fingerprint density at radius 3 is 2.43 bits per heavy atom. The van der Waals surface area contributed by atoms with E-state index in [1.54, 1.807) is 29.7 Å². The van der Waals surface area contributed by atoms with E-state index in [2.05, 4.69) is 0 Å². The lowest BCUT2D eigenvalue weighted by Gasteiger charge is -2.08. The maximum atomic E-state index is 12.6. The molecule has 1 aliphatic carbocycles. The van der Waals surface area contributed by atoms with Crippen LogP contribution in [0.25, 0.3) is 10.1 Å². The monoisotopic (exact) mass is 427 g/mol. The number of fused-ring (bicyclic) bond motifs is 1. The van der Waals surface area contributed by atoms with Crippen LogP contribution in [0, 0.1) is 0 Å². The zero-order valence-electron chi connectivity index (χ0n) is 16.7. The first-order valence-electron chi connectivity index (χ1n) is 10.4. The molecule has 1 N–H and O–H groups in total. The molecule has 0 spiro atoms. The number of carboxylic acids is 1. The summed E-state index contributed by atoms with van der Waals surface area (Å²) in [6, 6.07) is 12.5. The van der Waals surface area contributed by atoms with Gasteiger partial charge in [0.05, 0.1) is 28.9 Å². The number of carboxylic acid groups (broad SMARTS) is 1. The molecule has 0 unspecified atom stereocenters. The first kappa shape index (κ1) is 20.5. The van der Waals surface area contributed by atoms with E-state index < -0.39 is 5.97 Å². The molecule has 7 heteroatoms. The van der Waals surface area contributed by atoms with Crippen molar-refractivity contribution in [1.29, 1.82) is 0 Å². The van der Waals surface area contributed by atoms with E-state index in [9.17, 15) is 9.59 Å². The second-order valence-electron chi connectivity index (χ2n) is 7.56. The predicted octanol–water partition coefficient (Wildman–Crippen LogP) is 5.11. The summed E-state index contributed by atoms with van der Waals surface area (Å²) in [5.74, 6) is 0.370. The number of unbranched alkanes of at least 4 members (excludes halogenated alkanes) is 1.